The van der Waals surface area contributed by atoms with E-state index in [4.69, 9.17) is 4.74 Å². The first kappa shape index (κ1) is 17.8. The molecule has 1 aliphatic heterocycles. The number of rotatable bonds is 6. The van der Waals surface area contributed by atoms with Crippen molar-refractivity contribution >= 4 is 6.03 Å². The van der Waals surface area contributed by atoms with Gasteiger partial charge < -0.3 is 15.4 Å². The van der Waals surface area contributed by atoms with Gasteiger partial charge in [-0.25, -0.2) is 4.79 Å². The average Bonchev–Trinajstić information content (AvgIpc) is 2.55. The van der Waals surface area contributed by atoms with E-state index in [0.717, 1.165) is 31.9 Å². The highest BCUT2D eigenvalue weighted by atomic mass is 16.5. The first-order chi connectivity index (χ1) is 11.1. The van der Waals surface area contributed by atoms with Gasteiger partial charge in [0.15, 0.2) is 0 Å². The molecular weight excluding hydrogens is 290 g/mol. The van der Waals surface area contributed by atoms with Gasteiger partial charge in [0.2, 0.25) is 0 Å². The van der Waals surface area contributed by atoms with Gasteiger partial charge in [0.25, 0.3) is 0 Å². The molecule has 0 saturated carbocycles. The summed E-state index contributed by atoms with van der Waals surface area (Å²) in [6.07, 6.45) is 0. The van der Waals surface area contributed by atoms with Crippen molar-refractivity contribution in [1.82, 2.24) is 15.5 Å². The molecule has 0 bridgehead atoms. The first-order valence-corrected chi connectivity index (χ1v) is 8.45. The smallest absolute Gasteiger partial charge is 0.315 e. The monoisotopic (exact) mass is 319 g/mol. The standard InChI is InChI=1S/C18H29N3O2/c1-14(2)17(21-8-10-23-11-9-21)13-20-18(22)19-12-16-6-4-15(3)5-7-16/h4-7,14,17H,8-13H2,1-3H3,(H2,19,20,22)/t17-/m1/s1. The number of aryl methyl sites for hydroxylation is 1. The van der Waals surface area contributed by atoms with Crippen molar-refractivity contribution in [3.8, 4) is 0 Å². The van der Waals surface area contributed by atoms with Crippen LogP contribution in [0.3, 0.4) is 0 Å². The van der Waals surface area contributed by atoms with Crippen LogP contribution in [0.1, 0.15) is 25.0 Å². The number of amides is 2. The fourth-order valence-corrected chi connectivity index (χ4v) is 2.84. The number of carbonyl (C=O) groups is 1. The number of benzene rings is 1. The fourth-order valence-electron chi connectivity index (χ4n) is 2.84. The Labute approximate surface area is 139 Å². The maximum Gasteiger partial charge on any atom is 0.315 e. The summed E-state index contributed by atoms with van der Waals surface area (Å²) in [6, 6.07) is 8.44. The van der Waals surface area contributed by atoms with Crippen LogP contribution in [0.5, 0.6) is 0 Å². The molecule has 1 aliphatic rings. The van der Waals surface area contributed by atoms with Crippen LogP contribution in [-0.2, 0) is 11.3 Å². The van der Waals surface area contributed by atoms with Crippen LogP contribution in [0, 0.1) is 12.8 Å². The van der Waals surface area contributed by atoms with Crippen LogP contribution in [0.4, 0.5) is 4.79 Å². The van der Waals surface area contributed by atoms with Crippen LogP contribution >= 0.6 is 0 Å². The van der Waals surface area contributed by atoms with Crippen LogP contribution < -0.4 is 10.6 Å². The SMILES string of the molecule is Cc1ccc(CNC(=O)NC[C@H](C(C)C)N2CCOCC2)cc1. The maximum atomic E-state index is 12.0. The molecule has 0 spiro atoms. The second kappa shape index (κ2) is 8.89. The molecule has 0 aliphatic carbocycles. The Kier molecular flexibility index (Phi) is 6.86. The Hall–Kier alpha value is -1.59. The van der Waals surface area contributed by atoms with E-state index in [0.29, 0.717) is 25.0 Å². The van der Waals surface area contributed by atoms with Crippen LogP contribution in [0.25, 0.3) is 0 Å². The molecule has 2 N–H and O–H groups in total. The summed E-state index contributed by atoms with van der Waals surface area (Å²) in [5.74, 6) is 0.491. The number of morpholine rings is 1. The molecule has 0 radical (unpaired) electrons. The van der Waals surface area contributed by atoms with Crippen molar-refractivity contribution in [2.75, 3.05) is 32.8 Å². The first-order valence-electron chi connectivity index (χ1n) is 8.45. The van der Waals surface area contributed by atoms with Gasteiger partial charge in [-0.15, -0.1) is 0 Å². The molecule has 1 fully saturated rings. The molecule has 1 aromatic rings. The maximum absolute atomic E-state index is 12.0. The van der Waals surface area contributed by atoms with Gasteiger partial charge in [-0.1, -0.05) is 43.7 Å². The Morgan fingerprint density at radius 3 is 2.43 bits per heavy atom. The summed E-state index contributed by atoms with van der Waals surface area (Å²) in [5, 5.41) is 5.93. The normalized spacial score (nSPS) is 17.0. The average molecular weight is 319 g/mol. The molecule has 5 heteroatoms. The Morgan fingerprint density at radius 1 is 1.17 bits per heavy atom. The minimum Gasteiger partial charge on any atom is -0.379 e. The quantitative estimate of drug-likeness (QED) is 0.845. The van der Waals surface area contributed by atoms with Gasteiger partial charge in [0.05, 0.1) is 13.2 Å². The van der Waals surface area contributed by atoms with Gasteiger partial charge in [0, 0.05) is 32.2 Å². The molecule has 1 aromatic carbocycles. The fraction of sp³-hybridized carbons (Fsp3) is 0.611. The third-order valence-corrected chi connectivity index (χ3v) is 4.33. The summed E-state index contributed by atoms with van der Waals surface area (Å²) in [4.78, 5) is 14.4. The summed E-state index contributed by atoms with van der Waals surface area (Å²) in [6.45, 7) is 11.1. The molecule has 5 nitrogen and oxygen atoms in total. The molecule has 0 aromatic heterocycles. The Morgan fingerprint density at radius 2 is 1.83 bits per heavy atom. The predicted molar refractivity (Wildman–Crippen MR) is 92.4 cm³/mol. The minimum absolute atomic E-state index is 0.107. The number of nitrogens with zero attached hydrogens (tertiary/aromatic N) is 1. The van der Waals surface area contributed by atoms with E-state index in [1.54, 1.807) is 0 Å². The highest BCUT2D eigenvalue weighted by Gasteiger charge is 2.24. The molecule has 1 heterocycles. The molecule has 1 atom stereocenters. The van der Waals surface area contributed by atoms with E-state index >= 15 is 0 Å². The summed E-state index contributed by atoms with van der Waals surface area (Å²) in [7, 11) is 0. The zero-order valence-electron chi connectivity index (χ0n) is 14.5. The topological polar surface area (TPSA) is 53.6 Å². The van der Waals surface area contributed by atoms with Crippen LogP contribution in [0.15, 0.2) is 24.3 Å². The van der Waals surface area contributed by atoms with Gasteiger partial charge in [-0.3, -0.25) is 4.90 Å². The van der Waals surface area contributed by atoms with Gasteiger partial charge in [-0.2, -0.15) is 0 Å². The number of hydrogen-bond acceptors (Lipinski definition) is 3. The van der Waals surface area contributed by atoms with Crippen molar-refractivity contribution in [2.24, 2.45) is 5.92 Å². The van der Waals surface area contributed by atoms with E-state index in [1.807, 2.05) is 12.1 Å². The largest absolute Gasteiger partial charge is 0.379 e. The van der Waals surface area contributed by atoms with Crippen molar-refractivity contribution in [2.45, 2.75) is 33.4 Å². The third kappa shape index (κ3) is 5.84. The van der Waals surface area contributed by atoms with Gasteiger partial charge in [-0.05, 0) is 18.4 Å². The zero-order valence-corrected chi connectivity index (χ0v) is 14.5. The third-order valence-electron chi connectivity index (χ3n) is 4.33. The number of urea groups is 1. The lowest BCUT2D eigenvalue weighted by Gasteiger charge is -2.36. The Bertz CT molecular complexity index is 482. The molecule has 1 saturated heterocycles. The van der Waals surface area contributed by atoms with E-state index < -0.39 is 0 Å². The lowest BCUT2D eigenvalue weighted by Crippen LogP contribution is -2.52. The number of ether oxygens (including phenoxy) is 1. The van der Waals surface area contributed by atoms with E-state index in [2.05, 4.69) is 48.4 Å². The highest BCUT2D eigenvalue weighted by molar-refractivity contribution is 5.73. The van der Waals surface area contributed by atoms with Crippen molar-refractivity contribution in [3.63, 3.8) is 0 Å². The van der Waals surface area contributed by atoms with Gasteiger partial charge in [0.1, 0.15) is 0 Å². The second-order valence-electron chi connectivity index (χ2n) is 6.51. The minimum atomic E-state index is -0.107. The zero-order chi connectivity index (χ0) is 16.7. The number of hydrogen-bond donors (Lipinski definition) is 2. The number of nitrogens with one attached hydrogen (secondary N) is 2. The van der Waals surface area contributed by atoms with E-state index in [9.17, 15) is 4.79 Å². The van der Waals surface area contributed by atoms with Crippen LogP contribution in [-0.4, -0.2) is 49.8 Å². The summed E-state index contributed by atoms with van der Waals surface area (Å²) < 4.78 is 5.41. The molecule has 128 valence electrons. The number of carbonyl (C=O) groups excluding carboxylic acids is 1. The van der Waals surface area contributed by atoms with E-state index in [1.165, 1.54) is 5.56 Å². The predicted octanol–water partition coefficient (Wildman–Crippen LogP) is 2.15. The molecule has 23 heavy (non-hydrogen) atoms. The lowest BCUT2D eigenvalue weighted by molar-refractivity contribution is 0.00719. The van der Waals surface area contributed by atoms with Gasteiger partial charge >= 0.3 is 6.03 Å². The van der Waals surface area contributed by atoms with E-state index in [-0.39, 0.29) is 6.03 Å². The molecule has 2 rings (SSSR count). The van der Waals surface area contributed by atoms with Crippen LogP contribution in [0.2, 0.25) is 0 Å². The Balaban J connectivity index is 1.75. The molecular formula is C18H29N3O2. The molecule has 2 amide bonds. The van der Waals surface area contributed by atoms with Crippen molar-refractivity contribution in [3.05, 3.63) is 35.4 Å². The van der Waals surface area contributed by atoms with Crippen molar-refractivity contribution in [1.29, 1.82) is 0 Å². The lowest BCUT2D eigenvalue weighted by atomic mass is 10.0. The summed E-state index contributed by atoms with van der Waals surface area (Å²) in [5.41, 5.74) is 2.34. The summed E-state index contributed by atoms with van der Waals surface area (Å²) >= 11 is 0. The van der Waals surface area contributed by atoms with Crippen molar-refractivity contribution < 1.29 is 9.53 Å². The second-order valence-corrected chi connectivity index (χ2v) is 6.51. The highest BCUT2D eigenvalue weighted by Crippen LogP contribution is 2.12. The molecule has 0 unspecified atom stereocenters.